The highest BCUT2D eigenvalue weighted by Crippen LogP contribution is 2.43. The molecule has 0 aliphatic carbocycles. The molecular formula is C35H26ClN3O4S2. The summed E-state index contributed by atoms with van der Waals surface area (Å²) in [7, 11) is 0. The second-order valence-corrected chi connectivity index (χ2v) is 12.7. The Labute approximate surface area is 273 Å². The number of hydrogen-bond acceptors (Lipinski definition) is 8. The minimum Gasteiger partial charge on any atom is -0.503 e. The lowest BCUT2D eigenvalue weighted by Gasteiger charge is -2.24. The van der Waals surface area contributed by atoms with Gasteiger partial charge in [-0.15, -0.1) is 10.2 Å². The molecule has 1 aliphatic heterocycles. The van der Waals surface area contributed by atoms with Crippen LogP contribution in [0.4, 0.5) is 5.13 Å². The first-order valence-electron chi connectivity index (χ1n) is 14.0. The molecule has 1 atom stereocenters. The molecule has 2 heterocycles. The molecule has 1 aliphatic rings. The molecule has 1 N–H and O–H groups in total. The van der Waals surface area contributed by atoms with Crippen molar-refractivity contribution in [3.63, 3.8) is 0 Å². The van der Waals surface area contributed by atoms with E-state index in [0.717, 1.165) is 16.7 Å². The number of carbonyl (C=O) groups is 2. The van der Waals surface area contributed by atoms with Crippen molar-refractivity contribution in [1.82, 2.24) is 10.2 Å². The van der Waals surface area contributed by atoms with Crippen molar-refractivity contribution < 1.29 is 19.4 Å². The van der Waals surface area contributed by atoms with E-state index in [0.29, 0.717) is 33.0 Å². The van der Waals surface area contributed by atoms with E-state index in [1.807, 2.05) is 84.9 Å². The molecule has 0 saturated heterocycles. The van der Waals surface area contributed by atoms with Gasteiger partial charge in [0.1, 0.15) is 12.4 Å². The number of aliphatic hydroxyl groups excluding tert-OH is 1. The van der Waals surface area contributed by atoms with E-state index in [-0.39, 0.29) is 10.7 Å². The van der Waals surface area contributed by atoms with Gasteiger partial charge in [-0.1, -0.05) is 126 Å². The monoisotopic (exact) mass is 651 g/mol. The highest BCUT2D eigenvalue weighted by atomic mass is 35.5. The third kappa shape index (κ3) is 7.17. The molecular weight excluding hydrogens is 626 g/mol. The van der Waals surface area contributed by atoms with Gasteiger partial charge in [-0.3, -0.25) is 14.5 Å². The molecule has 1 unspecified atom stereocenters. The number of anilines is 1. The van der Waals surface area contributed by atoms with Crippen molar-refractivity contribution in [2.45, 2.75) is 22.7 Å². The Balaban J connectivity index is 1.28. The van der Waals surface area contributed by atoms with Crippen molar-refractivity contribution in [2.24, 2.45) is 0 Å². The molecule has 1 aromatic heterocycles. The first kappa shape index (κ1) is 30.3. The van der Waals surface area contributed by atoms with E-state index in [1.54, 1.807) is 30.3 Å². The number of carbonyl (C=O) groups excluding carboxylic acids is 2. The molecule has 0 spiro atoms. The van der Waals surface area contributed by atoms with Crippen LogP contribution in [0.2, 0.25) is 5.02 Å². The molecule has 1 amide bonds. The maximum atomic E-state index is 13.6. The molecule has 6 rings (SSSR count). The summed E-state index contributed by atoms with van der Waals surface area (Å²) < 4.78 is 6.59. The second-order valence-electron chi connectivity index (χ2n) is 10.1. The highest BCUT2D eigenvalue weighted by molar-refractivity contribution is 8.00. The Morgan fingerprint density at radius 1 is 0.911 bits per heavy atom. The number of ether oxygens (including phenoxy) is 1. The quantitative estimate of drug-likeness (QED) is 0.0873. The standard InChI is InChI=1S/C35H26ClN3O4S2/c36-27-16-11-25(12-17-27)22-44-35-38-37-34(45-35)39-31(26-14-18-28(19-15-26)43-21-24-9-5-2-6-10-24)30(32(41)33(39)42)29(40)20-13-23-7-3-1-4-8-23/h1-20,31,41H,21-22H2. The molecule has 5 aromatic rings. The normalized spacial score (nSPS) is 14.8. The molecule has 224 valence electrons. The van der Waals surface area contributed by atoms with Crippen LogP contribution in [0.1, 0.15) is 28.3 Å². The molecule has 45 heavy (non-hydrogen) atoms. The Morgan fingerprint density at radius 2 is 1.60 bits per heavy atom. The number of nitrogens with zero attached hydrogens (tertiary/aromatic N) is 3. The molecule has 0 bridgehead atoms. The van der Waals surface area contributed by atoms with Crippen molar-refractivity contribution in [3.8, 4) is 5.75 Å². The van der Waals surface area contributed by atoms with Gasteiger partial charge >= 0.3 is 0 Å². The summed E-state index contributed by atoms with van der Waals surface area (Å²) in [5, 5.41) is 20.6. The maximum Gasteiger partial charge on any atom is 0.296 e. The maximum absolute atomic E-state index is 13.6. The van der Waals surface area contributed by atoms with Crippen LogP contribution in [0.3, 0.4) is 0 Å². The van der Waals surface area contributed by atoms with Gasteiger partial charge in [0.05, 0.1) is 11.6 Å². The Morgan fingerprint density at radius 3 is 2.31 bits per heavy atom. The van der Waals surface area contributed by atoms with E-state index >= 15 is 0 Å². The largest absolute Gasteiger partial charge is 0.503 e. The highest BCUT2D eigenvalue weighted by Gasteiger charge is 2.45. The average molecular weight is 652 g/mol. The van der Waals surface area contributed by atoms with Crippen molar-refractivity contribution in [2.75, 3.05) is 4.90 Å². The Hall–Kier alpha value is -4.70. The minimum absolute atomic E-state index is 0.0318. The van der Waals surface area contributed by atoms with Gasteiger partial charge in [-0.05, 0) is 52.6 Å². The molecule has 0 radical (unpaired) electrons. The average Bonchev–Trinajstić information content (AvgIpc) is 3.65. The number of allylic oxidation sites excluding steroid dienone is 1. The fraction of sp³-hybridized carbons (Fsp3) is 0.0857. The van der Waals surface area contributed by atoms with Gasteiger partial charge in [-0.2, -0.15) is 0 Å². The smallest absolute Gasteiger partial charge is 0.296 e. The topological polar surface area (TPSA) is 92.6 Å². The lowest BCUT2D eigenvalue weighted by molar-refractivity contribution is -0.117. The SMILES string of the molecule is O=C(C=Cc1ccccc1)C1=C(O)C(=O)N(c2nnc(SCc3ccc(Cl)cc3)s2)C1c1ccc(OCc2ccccc2)cc1. The number of thioether (sulfide) groups is 1. The van der Waals surface area contributed by atoms with Crippen molar-refractivity contribution in [3.05, 3.63) is 154 Å². The molecule has 7 nitrogen and oxygen atoms in total. The number of benzene rings is 4. The van der Waals surface area contributed by atoms with Crippen LogP contribution in [0.25, 0.3) is 6.08 Å². The molecule has 10 heteroatoms. The van der Waals surface area contributed by atoms with E-state index in [9.17, 15) is 14.7 Å². The van der Waals surface area contributed by atoms with Gasteiger partial charge < -0.3 is 9.84 Å². The first-order chi connectivity index (χ1) is 22.0. The summed E-state index contributed by atoms with van der Waals surface area (Å²) in [6.45, 7) is 0.393. The fourth-order valence-corrected chi connectivity index (χ4v) is 6.72. The van der Waals surface area contributed by atoms with Crippen molar-refractivity contribution in [1.29, 1.82) is 0 Å². The van der Waals surface area contributed by atoms with Crippen LogP contribution >= 0.6 is 34.7 Å². The zero-order valence-electron chi connectivity index (χ0n) is 23.7. The third-order valence-corrected chi connectivity index (χ3v) is 9.40. The van der Waals surface area contributed by atoms with Gasteiger partial charge in [-0.25, -0.2) is 0 Å². The molecule has 0 saturated carbocycles. The van der Waals surface area contributed by atoms with Crippen molar-refractivity contribution >= 4 is 57.6 Å². The first-order valence-corrected chi connectivity index (χ1v) is 16.2. The summed E-state index contributed by atoms with van der Waals surface area (Å²) in [4.78, 5) is 28.5. The van der Waals surface area contributed by atoms with Crippen LogP contribution in [0, 0.1) is 0 Å². The lowest BCUT2D eigenvalue weighted by atomic mass is 9.95. The lowest BCUT2D eigenvalue weighted by Crippen LogP contribution is -2.30. The number of amides is 1. The van der Waals surface area contributed by atoms with E-state index in [1.165, 1.54) is 34.1 Å². The Bertz CT molecular complexity index is 1860. The van der Waals surface area contributed by atoms with Gasteiger partial charge in [0.15, 0.2) is 15.9 Å². The summed E-state index contributed by atoms with van der Waals surface area (Å²) in [6, 6.07) is 32.9. The number of ketones is 1. The molecule has 4 aromatic carbocycles. The molecule has 0 fully saturated rings. The predicted octanol–water partition coefficient (Wildman–Crippen LogP) is 8.25. The second kappa shape index (κ2) is 13.9. The number of hydrogen-bond donors (Lipinski definition) is 1. The zero-order chi connectivity index (χ0) is 31.2. The summed E-state index contributed by atoms with van der Waals surface area (Å²) >= 11 is 8.69. The Kier molecular flexibility index (Phi) is 9.40. The van der Waals surface area contributed by atoms with Crippen LogP contribution in [0.5, 0.6) is 5.75 Å². The summed E-state index contributed by atoms with van der Waals surface area (Å²) in [5.41, 5.74) is 3.48. The van der Waals surface area contributed by atoms with Crippen LogP contribution < -0.4 is 9.64 Å². The van der Waals surface area contributed by atoms with Crippen LogP contribution in [0.15, 0.2) is 131 Å². The summed E-state index contributed by atoms with van der Waals surface area (Å²) in [6.07, 6.45) is 3.03. The van der Waals surface area contributed by atoms with E-state index in [2.05, 4.69) is 10.2 Å². The summed E-state index contributed by atoms with van der Waals surface area (Å²) in [5.74, 6) is -0.557. The third-order valence-electron chi connectivity index (χ3n) is 7.02. The van der Waals surface area contributed by atoms with Gasteiger partial charge in [0.2, 0.25) is 5.13 Å². The fourth-order valence-electron chi connectivity index (χ4n) is 4.77. The van der Waals surface area contributed by atoms with Gasteiger partial charge in [0.25, 0.3) is 5.91 Å². The van der Waals surface area contributed by atoms with E-state index < -0.39 is 23.5 Å². The zero-order valence-corrected chi connectivity index (χ0v) is 26.1. The predicted molar refractivity (Wildman–Crippen MR) is 179 cm³/mol. The number of rotatable bonds is 11. The minimum atomic E-state index is -0.921. The van der Waals surface area contributed by atoms with Crippen LogP contribution in [-0.2, 0) is 21.9 Å². The number of aliphatic hydroxyl groups is 1. The number of halogens is 1. The van der Waals surface area contributed by atoms with E-state index in [4.69, 9.17) is 16.3 Å². The van der Waals surface area contributed by atoms with Gasteiger partial charge in [0, 0.05) is 10.8 Å². The number of aromatic nitrogens is 2. The van der Waals surface area contributed by atoms with Crippen LogP contribution in [-0.4, -0.2) is 27.0 Å².